The summed E-state index contributed by atoms with van der Waals surface area (Å²) in [6, 6.07) is 6.13. The Labute approximate surface area is 99.3 Å². The molecule has 0 fully saturated rings. The topological polar surface area (TPSA) is 35.2 Å². The molecule has 1 aromatic rings. The lowest BCUT2D eigenvalue weighted by molar-refractivity contribution is 0.357. The molecule has 0 spiro atoms. The maximum atomic E-state index is 5.60. The van der Waals surface area contributed by atoms with E-state index in [9.17, 15) is 0 Å². The quantitative estimate of drug-likeness (QED) is 0.892. The summed E-state index contributed by atoms with van der Waals surface area (Å²) in [5.41, 5.74) is 7.94. The van der Waals surface area contributed by atoms with Gasteiger partial charge >= 0.3 is 0 Å². The van der Waals surface area contributed by atoms with Gasteiger partial charge in [0.2, 0.25) is 0 Å². The molecule has 2 N–H and O–H groups in total. The average Bonchev–Trinajstić information content (AvgIpc) is 2.17. The van der Waals surface area contributed by atoms with Gasteiger partial charge in [0.05, 0.1) is 0 Å². The van der Waals surface area contributed by atoms with E-state index in [1.54, 1.807) is 0 Å². The molecule has 0 radical (unpaired) electrons. The van der Waals surface area contributed by atoms with Gasteiger partial charge in [-0.1, -0.05) is 40.2 Å². The van der Waals surface area contributed by atoms with Crippen molar-refractivity contribution in [3.8, 4) is 5.75 Å². The molecule has 0 aliphatic rings. The molecule has 0 heterocycles. The number of hydrogen-bond acceptors (Lipinski definition) is 2. The molecule has 0 saturated heterocycles. The molecular formula is C12H16BrNO. The maximum Gasteiger partial charge on any atom is 0.123 e. The van der Waals surface area contributed by atoms with Gasteiger partial charge < -0.3 is 10.5 Å². The van der Waals surface area contributed by atoms with Crippen molar-refractivity contribution in [1.82, 2.24) is 0 Å². The Hall–Kier alpha value is -0.800. The summed E-state index contributed by atoms with van der Waals surface area (Å²) in [4.78, 5) is 0. The lowest BCUT2D eigenvalue weighted by Gasteiger charge is -2.11. The second kappa shape index (κ2) is 5.93. The first-order chi connectivity index (χ1) is 7.13. The molecule has 0 amide bonds. The first-order valence-corrected chi connectivity index (χ1v) is 5.68. The normalized spacial score (nSPS) is 10.1. The van der Waals surface area contributed by atoms with Gasteiger partial charge in [0, 0.05) is 4.48 Å². The van der Waals surface area contributed by atoms with Crippen molar-refractivity contribution in [3.63, 3.8) is 0 Å². The van der Waals surface area contributed by atoms with Crippen LogP contribution in [0.5, 0.6) is 5.75 Å². The predicted octanol–water partition coefficient (Wildman–Crippen LogP) is 2.78. The Balaban J connectivity index is 2.80. The summed E-state index contributed by atoms with van der Waals surface area (Å²) < 4.78 is 6.44. The molecule has 0 unspecified atom stereocenters. The third-order valence-electron chi connectivity index (χ3n) is 2.01. The highest BCUT2D eigenvalue weighted by molar-refractivity contribution is 9.11. The van der Waals surface area contributed by atoms with Gasteiger partial charge in [0.1, 0.15) is 12.4 Å². The Morgan fingerprint density at radius 2 is 2.27 bits per heavy atom. The van der Waals surface area contributed by atoms with Crippen LogP contribution in [0, 0.1) is 6.92 Å². The zero-order valence-corrected chi connectivity index (χ0v) is 10.5. The highest BCUT2D eigenvalue weighted by atomic mass is 79.9. The van der Waals surface area contributed by atoms with Crippen LogP contribution in [0.2, 0.25) is 0 Å². The van der Waals surface area contributed by atoms with Gasteiger partial charge in [-0.05, 0) is 31.5 Å². The molecule has 2 nitrogen and oxygen atoms in total. The van der Waals surface area contributed by atoms with E-state index >= 15 is 0 Å². The van der Waals surface area contributed by atoms with Gasteiger partial charge in [-0.15, -0.1) is 0 Å². The fraction of sp³-hybridized carbons (Fsp3) is 0.333. The number of hydrogen-bond donors (Lipinski definition) is 1. The van der Waals surface area contributed by atoms with E-state index in [-0.39, 0.29) is 0 Å². The molecule has 0 saturated carbocycles. The zero-order chi connectivity index (χ0) is 11.3. The van der Waals surface area contributed by atoms with Crippen molar-refractivity contribution < 1.29 is 4.74 Å². The van der Waals surface area contributed by atoms with Gasteiger partial charge in [-0.3, -0.25) is 0 Å². The molecular weight excluding hydrogens is 254 g/mol. The number of nitrogens with two attached hydrogens (primary N) is 1. The van der Waals surface area contributed by atoms with E-state index in [0.29, 0.717) is 13.2 Å². The molecule has 0 aromatic heterocycles. The Bertz CT molecular complexity index is 349. The Morgan fingerprint density at radius 3 is 2.87 bits per heavy atom. The van der Waals surface area contributed by atoms with Crippen LogP contribution in [0.1, 0.15) is 11.1 Å². The highest BCUT2D eigenvalue weighted by Gasteiger charge is 2.03. The fourth-order valence-corrected chi connectivity index (χ4v) is 1.47. The van der Waals surface area contributed by atoms with Crippen LogP contribution in [0.25, 0.3) is 0 Å². The number of aryl methyl sites for hydroxylation is 1. The average molecular weight is 270 g/mol. The predicted molar refractivity (Wildman–Crippen MR) is 67.5 cm³/mol. The first-order valence-electron chi connectivity index (χ1n) is 4.89. The van der Waals surface area contributed by atoms with Crippen LogP contribution in [0.15, 0.2) is 29.3 Å². The van der Waals surface area contributed by atoms with Crippen LogP contribution in [-0.4, -0.2) is 13.2 Å². The zero-order valence-electron chi connectivity index (χ0n) is 8.92. The minimum absolute atomic E-state index is 0.487. The lowest BCUT2D eigenvalue weighted by Crippen LogP contribution is -2.06. The van der Waals surface area contributed by atoms with Crippen LogP contribution >= 0.6 is 15.9 Å². The van der Waals surface area contributed by atoms with Crippen molar-refractivity contribution >= 4 is 15.9 Å². The number of benzene rings is 1. The maximum absolute atomic E-state index is 5.60. The van der Waals surface area contributed by atoms with E-state index < -0.39 is 0 Å². The minimum Gasteiger partial charge on any atom is -0.488 e. The molecule has 0 aliphatic heterocycles. The van der Waals surface area contributed by atoms with Crippen molar-refractivity contribution in [2.45, 2.75) is 13.3 Å². The smallest absolute Gasteiger partial charge is 0.123 e. The minimum atomic E-state index is 0.487. The van der Waals surface area contributed by atoms with Crippen molar-refractivity contribution in [2.24, 2.45) is 5.73 Å². The standard InChI is InChI=1S/C12H16BrNO/c1-9-3-4-12(15-8-10(2)13)11(7-9)5-6-14/h3-4,7H,2,5-6,8,14H2,1H3. The second-order valence-corrected chi connectivity index (χ2v) is 4.58. The fourth-order valence-electron chi connectivity index (χ4n) is 1.36. The summed E-state index contributed by atoms with van der Waals surface area (Å²) in [6.07, 6.45) is 0.839. The van der Waals surface area contributed by atoms with Crippen LogP contribution < -0.4 is 10.5 Å². The molecule has 0 atom stereocenters. The van der Waals surface area contributed by atoms with Crippen molar-refractivity contribution in [2.75, 3.05) is 13.2 Å². The van der Waals surface area contributed by atoms with Crippen molar-refractivity contribution in [1.29, 1.82) is 0 Å². The van der Waals surface area contributed by atoms with Gasteiger partial charge in [0.15, 0.2) is 0 Å². The number of ether oxygens (including phenoxy) is 1. The molecule has 3 heteroatoms. The first kappa shape index (κ1) is 12.3. The van der Waals surface area contributed by atoms with E-state index in [1.807, 2.05) is 12.1 Å². The monoisotopic (exact) mass is 269 g/mol. The van der Waals surface area contributed by atoms with Crippen molar-refractivity contribution in [3.05, 3.63) is 40.4 Å². The van der Waals surface area contributed by atoms with Crippen LogP contribution in [0.4, 0.5) is 0 Å². The molecule has 1 rings (SSSR count). The number of halogens is 1. The summed E-state index contributed by atoms with van der Waals surface area (Å²) in [6.45, 7) is 6.91. The molecule has 0 bridgehead atoms. The van der Waals surface area contributed by atoms with E-state index in [0.717, 1.165) is 22.2 Å². The molecule has 15 heavy (non-hydrogen) atoms. The Morgan fingerprint density at radius 1 is 1.53 bits per heavy atom. The number of rotatable bonds is 5. The molecule has 82 valence electrons. The second-order valence-electron chi connectivity index (χ2n) is 3.46. The summed E-state index contributed by atoms with van der Waals surface area (Å²) in [5.74, 6) is 0.895. The van der Waals surface area contributed by atoms with Gasteiger partial charge in [-0.2, -0.15) is 0 Å². The van der Waals surface area contributed by atoms with Crippen LogP contribution in [-0.2, 0) is 6.42 Å². The summed E-state index contributed by atoms with van der Waals surface area (Å²) >= 11 is 3.27. The lowest BCUT2D eigenvalue weighted by atomic mass is 10.1. The molecule has 1 aromatic carbocycles. The summed E-state index contributed by atoms with van der Waals surface area (Å²) in [7, 11) is 0. The van der Waals surface area contributed by atoms with E-state index in [4.69, 9.17) is 10.5 Å². The van der Waals surface area contributed by atoms with Gasteiger partial charge in [-0.25, -0.2) is 0 Å². The highest BCUT2D eigenvalue weighted by Crippen LogP contribution is 2.21. The third-order valence-corrected chi connectivity index (χ3v) is 2.24. The van der Waals surface area contributed by atoms with E-state index in [2.05, 4.69) is 35.5 Å². The van der Waals surface area contributed by atoms with E-state index in [1.165, 1.54) is 5.56 Å². The molecule has 0 aliphatic carbocycles. The van der Waals surface area contributed by atoms with Crippen LogP contribution in [0.3, 0.4) is 0 Å². The third kappa shape index (κ3) is 4.06. The summed E-state index contributed by atoms with van der Waals surface area (Å²) in [5, 5.41) is 0. The SMILES string of the molecule is C=C(Br)COc1ccc(C)cc1CCN. The largest absolute Gasteiger partial charge is 0.488 e. The van der Waals surface area contributed by atoms with Gasteiger partial charge in [0.25, 0.3) is 0 Å². The Kier molecular flexibility index (Phi) is 4.85.